The largest absolute Gasteiger partial charge is 0.274 e. The highest BCUT2D eigenvalue weighted by Gasteiger charge is 2.67. The molecule has 1 aromatic rings. The van der Waals surface area contributed by atoms with E-state index in [9.17, 15) is 9.59 Å². The van der Waals surface area contributed by atoms with Crippen LogP contribution in [0, 0.1) is 35.5 Å². The number of rotatable bonds is 1. The lowest BCUT2D eigenvalue weighted by atomic mass is 9.63. The molecular weight excluding hydrogens is 330 g/mol. The van der Waals surface area contributed by atoms with Crippen molar-refractivity contribution in [3.8, 4) is 0 Å². The van der Waals surface area contributed by atoms with Gasteiger partial charge in [-0.3, -0.25) is 9.59 Å². The topological polar surface area (TPSA) is 37.4 Å². The molecule has 0 unspecified atom stereocenters. The zero-order chi connectivity index (χ0) is 14.3. The standard InChI is InChI=1S/C17H14BrNO2/c18-12-3-1-2-4-13(12)19-16(20)14-8-5-6-9(11-7-10(8)11)15(14)17(19)21/h1-6,8-11,14-15H,7H2/t8-,9+,10-,11-,14+,15-/m1/s1. The number of carbonyl (C=O) groups is 2. The Bertz CT molecular complexity index is 676. The number of benzene rings is 1. The molecule has 3 nitrogen and oxygen atoms in total. The molecule has 2 bridgehead atoms. The maximum absolute atomic E-state index is 12.9. The first kappa shape index (κ1) is 12.2. The molecule has 0 radical (unpaired) electrons. The van der Waals surface area contributed by atoms with Crippen LogP contribution >= 0.6 is 15.9 Å². The fourth-order valence-corrected chi connectivity index (χ4v) is 5.29. The van der Waals surface area contributed by atoms with Crippen LogP contribution < -0.4 is 4.90 Å². The van der Waals surface area contributed by atoms with Crippen molar-refractivity contribution in [3.63, 3.8) is 0 Å². The minimum Gasteiger partial charge on any atom is -0.274 e. The van der Waals surface area contributed by atoms with E-state index in [1.807, 2.05) is 24.3 Å². The molecule has 2 saturated carbocycles. The van der Waals surface area contributed by atoms with Gasteiger partial charge in [0.15, 0.2) is 0 Å². The van der Waals surface area contributed by atoms with Gasteiger partial charge < -0.3 is 0 Å². The van der Waals surface area contributed by atoms with E-state index in [0.717, 1.165) is 4.47 Å². The lowest BCUT2D eigenvalue weighted by Crippen LogP contribution is -2.40. The van der Waals surface area contributed by atoms with Gasteiger partial charge in [0.2, 0.25) is 11.8 Å². The average Bonchev–Trinajstić information content (AvgIpc) is 3.26. The second-order valence-electron chi connectivity index (χ2n) is 6.62. The van der Waals surface area contributed by atoms with Crippen molar-refractivity contribution in [2.75, 3.05) is 4.90 Å². The lowest BCUT2D eigenvalue weighted by Gasteiger charge is -2.37. The number of hydrogen-bond acceptors (Lipinski definition) is 2. The van der Waals surface area contributed by atoms with Crippen LogP contribution in [0.3, 0.4) is 0 Å². The van der Waals surface area contributed by atoms with Crippen molar-refractivity contribution in [2.45, 2.75) is 6.42 Å². The normalized spacial score (nSPS) is 42.2. The van der Waals surface area contributed by atoms with Crippen LogP contribution in [-0.4, -0.2) is 11.8 Å². The quantitative estimate of drug-likeness (QED) is 0.580. The van der Waals surface area contributed by atoms with Gasteiger partial charge in [0.25, 0.3) is 0 Å². The van der Waals surface area contributed by atoms with Crippen LogP contribution in [-0.2, 0) is 9.59 Å². The van der Waals surface area contributed by atoms with E-state index < -0.39 is 0 Å². The molecule has 5 aliphatic rings. The Labute approximate surface area is 131 Å². The Morgan fingerprint density at radius 3 is 2.10 bits per heavy atom. The van der Waals surface area contributed by atoms with Crippen LogP contribution in [0.5, 0.6) is 0 Å². The van der Waals surface area contributed by atoms with E-state index in [2.05, 4.69) is 28.1 Å². The second-order valence-corrected chi connectivity index (χ2v) is 7.47. The first-order chi connectivity index (χ1) is 10.2. The SMILES string of the molecule is O=C1[C@@H]2[C@H]3C=C[C@H]([C@H]4C[C@H]34)[C@@H]2C(=O)N1c1ccccc1Br. The predicted molar refractivity (Wildman–Crippen MR) is 81.3 cm³/mol. The Hall–Kier alpha value is -1.42. The monoisotopic (exact) mass is 343 g/mol. The molecule has 0 N–H and O–H groups in total. The Balaban J connectivity index is 1.62. The van der Waals surface area contributed by atoms with Gasteiger partial charge in [-0.1, -0.05) is 24.3 Å². The van der Waals surface area contributed by atoms with Crippen molar-refractivity contribution >= 4 is 33.4 Å². The zero-order valence-corrected chi connectivity index (χ0v) is 12.9. The maximum atomic E-state index is 12.9. The third kappa shape index (κ3) is 1.39. The number of allylic oxidation sites excluding steroid dienone is 2. The molecule has 21 heavy (non-hydrogen) atoms. The molecule has 4 heteroatoms. The summed E-state index contributed by atoms with van der Waals surface area (Å²) in [7, 11) is 0. The van der Waals surface area contributed by atoms with Crippen LogP contribution in [0.25, 0.3) is 0 Å². The van der Waals surface area contributed by atoms with Crippen LogP contribution in [0.2, 0.25) is 0 Å². The summed E-state index contributed by atoms with van der Waals surface area (Å²) in [6.07, 6.45) is 5.61. The Morgan fingerprint density at radius 2 is 1.52 bits per heavy atom. The molecule has 2 amide bonds. The highest BCUT2D eigenvalue weighted by molar-refractivity contribution is 9.10. The summed E-state index contributed by atoms with van der Waals surface area (Å²) in [5.41, 5.74) is 0.690. The van der Waals surface area contributed by atoms with Crippen molar-refractivity contribution in [1.82, 2.24) is 0 Å². The number of amides is 2. The van der Waals surface area contributed by atoms with Gasteiger partial charge in [0, 0.05) is 4.47 Å². The van der Waals surface area contributed by atoms with E-state index in [0.29, 0.717) is 17.5 Å². The number of para-hydroxylation sites is 1. The Kier molecular flexibility index (Phi) is 2.23. The van der Waals surface area contributed by atoms with E-state index in [1.165, 1.54) is 11.3 Å². The van der Waals surface area contributed by atoms with Gasteiger partial charge in [0.05, 0.1) is 17.5 Å². The predicted octanol–water partition coefficient (Wildman–Crippen LogP) is 3.01. The molecule has 0 aromatic heterocycles. The molecular formula is C17H14BrNO2. The first-order valence-corrected chi connectivity index (χ1v) is 8.28. The summed E-state index contributed by atoms with van der Waals surface area (Å²) in [5.74, 6) is 1.63. The fourth-order valence-electron chi connectivity index (χ4n) is 4.83. The molecule has 1 aromatic carbocycles. The third-order valence-electron chi connectivity index (χ3n) is 5.76. The molecule has 1 heterocycles. The lowest BCUT2D eigenvalue weighted by molar-refractivity contribution is -0.124. The van der Waals surface area contributed by atoms with Gasteiger partial charge in [-0.2, -0.15) is 0 Å². The number of nitrogens with zero attached hydrogens (tertiary/aromatic N) is 1. The molecule has 106 valence electrons. The van der Waals surface area contributed by atoms with E-state index in [1.54, 1.807) is 0 Å². The maximum Gasteiger partial charge on any atom is 0.238 e. The summed E-state index contributed by atoms with van der Waals surface area (Å²) >= 11 is 3.47. The first-order valence-electron chi connectivity index (χ1n) is 7.49. The van der Waals surface area contributed by atoms with Crippen molar-refractivity contribution in [2.24, 2.45) is 35.5 Å². The average molecular weight is 344 g/mol. The molecule has 4 aliphatic carbocycles. The highest BCUT2D eigenvalue weighted by Crippen LogP contribution is 2.65. The number of anilines is 1. The van der Waals surface area contributed by atoms with E-state index in [4.69, 9.17) is 0 Å². The third-order valence-corrected chi connectivity index (χ3v) is 6.43. The summed E-state index contributed by atoms with van der Waals surface area (Å²) in [6, 6.07) is 7.48. The zero-order valence-electron chi connectivity index (χ0n) is 11.3. The van der Waals surface area contributed by atoms with Crippen molar-refractivity contribution in [1.29, 1.82) is 0 Å². The van der Waals surface area contributed by atoms with Gasteiger partial charge in [0.1, 0.15) is 0 Å². The summed E-state index contributed by atoms with van der Waals surface area (Å²) in [4.78, 5) is 27.2. The van der Waals surface area contributed by atoms with Crippen molar-refractivity contribution < 1.29 is 9.59 Å². The van der Waals surface area contributed by atoms with E-state index >= 15 is 0 Å². The van der Waals surface area contributed by atoms with Gasteiger partial charge in [-0.15, -0.1) is 0 Å². The highest BCUT2D eigenvalue weighted by atomic mass is 79.9. The minimum absolute atomic E-state index is 0.00148. The van der Waals surface area contributed by atoms with Gasteiger partial charge >= 0.3 is 0 Å². The van der Waals surface area contributed by atoms with Crippen LogP contribution in [0.4, 0.5) is 5.69 Å². The molecule has 1 saturated heterocycles. The minimum atomic E-state index is -0.122. The smallest absolute Gasteiger partial charge is 0.238 e. The summed E-state index contributed by atoms with van der Waals surface area (Å²) in [6.45, 7) is 0. The van der Waals surface area contributed by atoms with Crippen LogP contribution in [0.1, 0.15) is 6.42 Å². The molecule has 1 aliphatic heterocycles. The number of halogens is 1. The second kappa shape index (κ2) is 3.86. The molecule has 6 rings (SSSR count). The Morgan fingerprint density at radius 1 is 0.952 bits per heavy atom. The summed E-state index contributed by atoms with van der Waals surface area (Å²) < 4.78 is 0.802. The fraction of sp³-hybridized carbons (Fsp3) is 0.412. The molecule has 0 spiro atoms. The van der Waals surface area contributed by atoms with Crippen LogP contribution in [0.15, 0.2) is 40.9 Å². The van der Waals surface area contributed by atoms with Gasteiger partial charge in [-0.05, 0) is 58.2 Å². The number of hydrogen-bond donors (Lipinski definition) is 0. The summed E-state index contributed by atoms with van der Waals surface area (Å²) in [5, 5.41) is 0. The van der Waals surface area contributed by atoms with Gasteiger partial charge in [-0.25, -0.2) is 4.90 Å². The molecule has 3 fully saturated rings. The molecule has 6 atom stereocenters. The number of carbonyl (C=O) groups excluding carboxylic acids is 2. The van der Waals surface area contributed by atoms with E-state index in [-0.39, 0.29) is 35.5 Å². The van der Waals surface area contributed by atoms with Crippen molar-refractivity contribution in [3.05, 3.63) is 40.9 Å². The number of imide groups is 1.